The van der Waals surface area contributed by atoms with Gasteiger partial charge in [0.25, 0.3) is 0 Å². The minimum Gasteiger partial charge on any atom is -0.488 e. The smallest absolute Gasteiger partial charge is 0.225 e. The third-order valence-electron chi connectivity index (χ3n) is 5.51. The van der Waals surface area contributed by atoms with Crippen LogP contribution in [0.5, 0.6) is 5.75 Å². The van der Waals surface area contributed by atoms with Crippen LogP contribution < -0.4 is 10.1 Å². The van der Waals surface area contributed by atoms with E-state index in [2.05, 4.69) is 62.5 Å². The SMILES string of the molecule is Cc1ccc(COc2c(C)cc(CN(C)C(=O)C3CCNCC3)cc2C)cc1. The number of benzene rings is 2. The highest BCUT2D eigenvalue weighted by atomic mass is 16.5. The van der Waals surface area contributed by atoms with Gasteiger partial charge in [-0.25, -0.2) is 0 Å². The maximum atomic E-state index is 12.7. The summed E-state index contributed by atoms with van der Waals surface area (Å²) < 4.78 is 6.11. The van der Waals surface area contributed by atoms with Gasteiger partial charge in [0.2, 0.25) is 5.91 Å². The van der Waals surface area contributed by atoms with Gasteiger partial charge in [0.15, 0.2) is 0 Å². The van der Waals surface area contributed by atoms with E-state index in [-0.39, 0.29) is 11.8 Å². The first-order chi connectivity index (χ1) is 13.4. The van der Waals surface area contributed by atoms with E-state index in [0.717, 1.165) is 48.4 Å². The number of rotatable bonds is 6. The van der Waals surface area contributed by atoms with E-state index in [1.807, 2.05) is 11.9 Å². The van der Waals surface area contributed by atoms with E-state index in [9.17, 15) is 4.79 Å². The van der Waals surface area contributed by atoms with E-state index in [1.54, 1.807) is 0 Å². The van der Waals surface area contributed by atoms with Crippen molar-refractivity contribution in [3.8, 4) is 5.75 Å². The molecule has 3 rings (SSSR count). The van der Waals surface area contributed by atoms with Crippen molar-refractivity contribution in [3.63, 3.8) is 0 Å². The largest absolute Gasteiger partial charge is 0.488 e. The van der Waals surface area contributed by atoms with E-state index in [0.29, 0.717) is 13.2 Å². The molecule has 1 N–H and O–H groups in total. The Hall–Kier alpha value is -2.33. The summed E-state index contributed by atoms with van der Waals surface area (Å²) in [5.74, 6) is 1.36. The van der Waals surface area contributed by atoms with Crippen LogP contribution in [0.4, 0.5) is 0 Å². The summed E-state index contributed by atoms with van der Waals surface area (Å²) in [6.45, 7) is 9.33. The summed E-state index contributed by atoms with van der Waals surface area (Å²) in [5, 5.41) is 3.32. The molecule has 0 aliphatic carbocycles. The molecular formula is C24H32N2O2. The minimum atomic E-state index is 0.158. The fraction of sp³-hybridized carbons (Fsp3) is 0.458. The molecule has 0 bridgehead atoms. The molecule has 1 aliphatic rings. The lowest BCUT2D eigenvalue weighted by Gasteiger charge is -2.27. The number of carbonyl (C=O) groups excluding carboxylic acids is 1. The topological polar surface area (TPSA) is 41.6 Å². The zero-order valence-electron chi connectivity index (χ0n) is 17.5. The van der Waals surface area contributed by atoms with Crippen LogP contribution in [-0.2, 0) is 17.9 Å². The van der Waals surface area contributed by atoms with Gasteiger partial charge >= 0.3 is 0 Å². The van der Waals surface area contributed by atoms with E-state index >= 15 is 0 Å². The Bertz CT molecular complexity index is 785. The Balaban J connectivity index is 1.63. The molecule has 0 radical (unpaired) electrons. The first kappa shape index (κ1) is 20.4. The van der Waals surface area contributed by atoms with Gasteiger partial charge in [0.05, 0.1) is 0 Å². The molecule has 28 heavy (non-hydrogen) atoms. The predicted octanol–water partition coefficient (Wildman–Crippen LogP) is 4.15. The molecule has 0 unspecified atom stereocenters. The normalized spacial score (nSPS) is 14.7. The first-order valence-corrected chi connectivity index (χ1v) is 10.2. The molecule has 0 aromatic heterocycles. The minimum absolute atomic E-state index is 0.158. The van der Waals surface area contributed by atoms with Crippen molar-refractivity contribution in [1.82, 2.24) is 10.2 Å². The van der Waals surface area contributed by atoms with Crippen molar-refractivity contribution in [2.45, 2.75) is 46.8 Å². The van der Waals surface area contributed by atoms with Crippen molar-refractivity contribution in [2.24, 2.45) is 5.92 Å². The molecule has 1 fully saturated rings. The van der Waals surface area contributed by atoms with E-state index < -0.39 is 0 Å². The van der Waals surface area contributed by atoms with Gasteiger partial charge in [-0.2, -0.15) is 0 Å². The number of aryl methyl sites for hydroxylation is 3. The molecule has 4 heteroatoms. The number of carbonyl (C=O) groups is 1. The predicted molar refractivity (Wildman–Crippen MR) is 113 cm³/mol. The molecule has 1 aliphatic heterocycles. The molecule has 2 aromatic carbocycles. The zero-order chi connectivity index (χ0) is 20.1. The van der Waals surface area contributed by atoms with Gasteiger partial charge in [0, 0.05) is 19.5 Å². The van der Waals surface area contributed by atoms with Crippen LogP contribution in [0.25, 0.3) is 0 Å². The highest BCUT2D eigenvalue weighted by Crippen LogP contribution is 2.27. The second kappa shape index (κ2) is 9.24. The Morgan fingerprint density at radius 3 is 2.25 bits per heavy atom. The third-order valence-corrected chi connectivity index (χ3v) is 5.51. The van der Waals surface area contributed by atoms with E-state index in [4.69, 9.17) is 4.74 Å². The van der Waals surface area contributed by atoms with Gasteiger partial charge in [0.1, 0.15) is 12.4 Å². The molecule has 4 nitrogen and oxygen atoms in total. The number of nitrogens with one attached hydrogen (secondary N) is 1. The van der Waals surface area contributed by atoms with Crippen LogP contribution in [-0.4, -0.2) is 30.9 Å². The molecule has 0 saturated carbocycles. The quantitative estimate of drug-likeness (QED) is 0.819. The van der Waals surface area contributed by atoms with Crippen LogP contribution in [0, 0.1) is 26.7 Å². The second-order valence-corrected chi connectivity index (χ2v) is 8.05. The Kier molecular flexibility index (Phi) is 6.74. The summed E-state index contributed by atoms with van der Waals surface area (Å²) in [4.78, 5) is 14.6. The molecule has 0 atom stereocenters. The van der Waals surface area contributed by atoms with Crippen molar-refractivity contribution >= 4 is 5.91 Å². The third kappa shape index (κ3) is 5.14. The van der Waals surface area contributed by atoms with Crippen LogP contribution >= 0.6 is 0 Å². The highest BCUT2D eigenvalue weighted by Gasteiger charge is 2.24. The summed E-state index contributed by atoms with van der Waals surface area (Å²) in [6.07, 6.45) is 1.88. The number of hydrogen-bond donors (Lipinski definition) is 1. The van der Waals surface area contributed by atoms with Crippen molar-refractivity contribution in [2.75, 3.05) is 20.1 Å². The van der Waals surface area contributed by atoms with Crippen LogP contribution in [0.2, 0.25) is 0 Å². The van der Waals surface area contributed by atoms with Crippen LogP contribution in [0.3, 0.4) is 0 Å². The van der Waals surface area contributed by atoms with Crippen molar-refractivity contribution in [3.05, 3.63) is 64.2 Å². The number of ether oxygens (including phenoxy) is 1. The summed E-state index contributed by atoms with van der Waals surface area (Å²) in [7, 11) is 1.91. The molecule has 2 aromatic rings. The first-order valence-electron chi connectivity index (χ1n) is 10.2. The molecule has 1 saturated heterocycles. The highest BCUT2D eigenvalue weighted by molar-refractivity contribution is 5.78. The monoisotopic (exact) mass is 380 g/mol. The summed E-state index contributed by atoms with van der Waals surface area (Å²) in [5.41, 5.74) is 5.81. The molecule has 1 amide bonds. The lowest BCUT2D eigenvalue weighted by molar-refractivity contribution is -0.135. The average Bonchev–Trinajstić information content (AvgIpc) is 2.68. The number of amides is 1. The molecule has 1 heterocycles. The lowest BCUT2D eigenvalue weighted by atomic mass is 9.96. The lowest BCUT2D eigenvalue weighted by Crippen LogP contribution is -2.38. The second-order valence-electron chi connectivity index (χ2n) is 8.05. The van der Waals surface area contributed by atoms with Crippen LogP contribution in [0.15, 0.2) is 36.4 Å². The summed E-state index contributed by atoms with van der Waals surface area (Å²) >= 11 is 0. The Morgan fingerprint density at radius 2 is 1.64 bits per heavy atom. The fourth-order valence-corrected chi connectivity index (χ4v) is 3.93. The van der Waals surface area contributed by atoms with Crippen molar-refractivity contribution < 1.29 is 9.53 Å². The standard InChI is InChI=1S/C24H32N2O2/c1-17-5-7-20(8-6-17)16-28-23-18(2)13-21(14-19(23)3)15-26(4)24(27)22-9-11-25-12-10-22/h5-8,13-14,22,25H,9-12,15-16H2,1-4H3. The Morgan fingerprint density at radius 1 is 1.04 bits per heavy atom. The number of piperidine rings is 1. The van der Waals surface area contributed by atoms with Crippen molar-refractivity contribution in [1.29, 1.82) is 0 Å². The number of hydrogen-bond acceptors (Lipinski definition) is 3. The van der Waals surface area contributed by atoms with Gasteiger partial charge in [-0.15, -0.1) is 0 Å². The average molecular weight is 381 g/mol. The van der Waals surface area contributed by atoms with Gasteiger partial charge in [-0.3, -0.25) is 4.79 Å². The molecular weight excluding hydrogens is 348 g/mol. The van der Waals surface area contributed by atoms with Gasteiger partial charge in [-0.1, -0.05) is 42.0 Å². The molecule has 0 spiro atoms. The van der Waals surface area contributed by atoms with E-state index in [1.165, 1.54) is 11.1 Å². The fourth-order valence-electron chi connectivity index (χ4n) is 3.93. The number of nitrogens with zero attached hydrogens (tertiary/aromatic N) is 1. The van der Waals surface area contributed by atoms with Gasteiger partial charge < -0.3 is 15.0 Å². The summed E-state index contributed by atoms with van der Waals surface area (Å²) in [6, 6.07) is 12.7. The molecule has 150 valence electrons. The zero-order valence-corrected chi connectivity index (χ0v) is 17.5. The maximum Gasteiger partial charge on any atom is 0.225 e. The maximum absolute atomic E-state index is 12.7. The van der Waals surface area contributed by atoms with Gasteiger partial charge in [-0.05, 0) is 69.0 Å². The Labute approximate surface area is 168 Å². The van der Waals surface area contributed by atoms with Crippen LogP contribution in [0.1, 0.15) is 40.7 Å².